The summed E-state index contributed by atoms with van der Waals surface area (Å²) in [7, 11) is 0. The SMILES string of the molecule is NN(CCO)[C@@](CCO)(Cc1ccccc1)C(=O)O. The molecule has 0 aromatic heterocycles. The standard InChI is InChI=1S/C13H20N2O4/c14-15(7-9-17)13(6-8-16,12(18)19)10-11-4-2-1-3-5-11/h1-5,16-17H,6-10,14H2,(H,18,19)/t13-/m0/s1. The summed E-state index contributed by atoms with van der Waals surface area (Å²) in [5.74, 6) is 4.67. The summed E-state index contributed by atoms with van der Waals surface area (Å²) in [6.07, 6.45) is 0.161. The zero-order valence-corrected chi connectivity index (χ0v) is 10.7. The number of nitrogens with two attached hydrogens (primary N) is 1. The number of carboxylic acids is 1. The van der Waals surface area contributed by atoms with Crippen LogP contribution in [-0.2, 0) is 11.2 Å². The van der Waals surface area contributed by atoms with E-state index in [0.717, 1.165) is 10.6 Å². The van der Waals surface area contributed by atoms with Gasteiger partial charge in [-0.25, -0.2) is 5.01 Å². The van der Waals surface area contributed by atoms with E-state index in [9.17, 15) is 9.90 Å². The van der Waals surface area contributed by atoms with Crippen LogP contribution in [0.1, 0.15) is 12.0 Å². The van der Waals surface area contributed by atoms with Gasteiger partial charge in [0.05, 0.1) is 6.61 Å². The predicted octanol–water partition coefficient (Wildman–Crippen LogP) is -0.397. The molecule has 19 heavy (non-hydrogen) atoms. The molecule has 0 saturated heterocycles. The molecule has 0 radical (unpaired) electrons. The lowest BCUT2D eigenvalue weighted by atomic mass is 9.87. The Kier molecular flexibility index (Phi) is 5.91. The van der Waals surface area contributed by atoms with E-state index in [0.29, 0.717) is 0 Å². The van der Waals surface area contributed by atoms with Crippen LogP contribution < -0.4 is 5.84 Å². The van der Waals surface area contributed by atoms with Gasteiger partial charge < -0.3 is 15.3 Å². The van der Waals surface area contributed by atoms with Crippen molar-refractivity contribution in [2.24, 2.45) is 5.84 Å². The van der Waals surface area contributed by atoms with Gasteiger partial charge >= 0.3 is 5.97 Å². The molecular formula is C13H20N2O4. The second-order valence-electron chi connectivity index (χ2n) is 4.39. The van der Waals surface area contributed by atoms with Crippen LogP contribution in [0.5, 0.6) is 0 Å². The highest BCUT2D eigenvalue weighted by atomic mass is 16.4. The van der Waals surface area contributed by atoms with Crippen LogP contribution in [0.25, 0.3) is 0 Å². The fourth-order valence-electron chi connectivity index (χ4n) is 2.08. The largest absolute Gasteiger partial charge is 0.480 e. The first kappa shape index (κ1) is 15.6. The van der Waals surface area contributed by atoms with Crippen molar-refractivity contribution in [2.75, 3.05) is 19.8 Å². The third-order valence-electron chi connectivity index (χ3n) is 3.15. The number of hydrazine groups is 1. The maximum Gasteiger partial charge on any atom is 0.325 e. The Morgan fingerprint density at radius 1 is 1.21 bits per heavy atom. The number of carbonyl (C=O) groups is 1. The van der Waals surface area contributed by atoms with Crippen molar-refractivity contribution in [2.45, 2.75) is 18.4 Å². The number of hydrogen-bond acceptors (Lipinski definition) is 5. The highest BCUT2D eigenvalue weighted by molar-refractivity contribution is 5.79. The van der Waals surface area contributed by atoms with E-state index in [2.05, 4.69) is 0 Å². The lowest BCUT2D eigenvalue weighted by Gasteiger charge is -2.37. The first-order valence-electron chi connectivity index (χ1n) is 6.08. The number of aliphatic carboxylic acids is 1. The molecule has 1 rings (SSSR count). The quantitative estimate of drug-likeness (QED) is 0.377. The summed E-state index contributed by atoms with van der Waals surface area (Å²) in [5, 5.41) is 28.7. The zero-order valence-electron chi connectivity index (χ0n) is 10.7. The molecule has 0 spiro atoms. The highest BCUT2D eigenvalue weighted by Crippen LogP contribution is 2.23. The predicted molar refractivity (Wildman–Crippen MR) is 70.2 cm³/mol. The molecule has 1 atom stereocenters. The molecule has 0 saturated carbocycles. The number of aliphatic hydroxyl groups is 2. The number of benzene rings is 1. The number of hydrogen-bond donors (Lipinski definition) is 4. The van der Waals surface area contributed by atoms with E-state index >= 15 is 0 Å². The smallest absolute Gasteiger partial charge is 0.325 e. The van der Waals surface area contributed by atoms with Crippen molar-refractivity contribution >= 4 is 5.97 Å². The van der Waals surface area contributed by atoms with Crippen LogP contribution in [0.4, 0.5) is 0 Å². The number of β-amino-alcohol motifs (C(OH)–C–C–N with tert-alkyl or cyclic N) is 1. The van der Waals surface area contributed by atoms with Gasteiger partial charge in [0.1, 0.15) is 5.54 Å². The van der Waals surface area contributed by atoms with E-state index in [4.69, 9.17) is 16.1 Å². The van der Waals surface area contributed by atoms with Gasteiger partial charge in [-0.15, -0.1) is 0 Å². The molecular weight excluding hydrogens is 248 g/mol. The van der Waals surface area contributed by atoms with Gasteiger partial charge in [0.25, 0.3) is 0 Å². The summed E-state index contributed by atoms with van der Waals surface area (Å²) >= 11 is 0. The van der Waals surface area contributed by atoms with E-state index in [1.807, 2.05) is 30.3 Å². The Morgan fingerprint density at radius 2 is 1.84 bits per heavy atom. The number of nitrogens with zero attached hydrogens (tertiary/aromatic N) is 1. The molecule has 0 aliphatic rings. The number of aliphatic hydroxyl groups excluding tert-OH is 2. The van der Waals surface area contributed by atoms with Crippen molar-refractivity contribution in [3.63, 3.8) is 0 Å². The average molecular weight is 268 g/mol. The van der Waals surface area contributed by atoms with Crippen LogP contribution in [-0.4, -0.2) is 51.6 Å². The fourth-order valence-corrected chi connectivity index (χ4v) is 2.08. The maximum absolute atomic E-state index is 11.6. The van der Waals surface area contributed by atoms with Crippen molar-refractivity contribution in [1.82, 2.24) is 5.01 Å². The molecule has 5 N–H and O–H groups in total. The summed E-state index contributed by atoms with van der Waals surface area (Å²) < 4.78 is 0. The first-order valence-corrected chi connectivity index (χ1v) is 6.08. The maximum atomic E-state index is 11.6. The lowest BCUT2D eigenvalue weighted by molar-refractivity contribution is -0.153. The van der Waals surface area contributed by atoms with Crippen LogP contribution in [0.2, 0.25) is 0 Å². The van der Waals surface area contributed by atoms with E-state index in [1.54, 1.807) is 0 Å². The third-order valence-corrected chi connectivity index (χ3v) is 3.15. The molecule has 0 amide bonds. The molecule has 0 unspecified atom stereocenters. The Labute approximate surface area is 112 Å². The van der Waals surface area contributed by atoms with Crippen LogP contribution in [0.3, 0.4) is 0 Å². The summed E-state index contributed by atoms with van der Waals surface area (Å²) in [6, 6.07) is 9.08. The third kappa shape index (κ3) is 3.74. The fraction of sp³-hybridized carbons (Fsp3) is 0.462. The van der Waals surface area contributed by atoms with Gasteiger partial charge in [-0.1, -0.05) is 30.3 Å². The summed E-state index contributed by atoms with van der Waals surface area (Å²) in [4.78, 5) is 11.6. The molecule has 106 valence electrons. The van der Waals surface area contributed by atoms with Gasteiger partial charge in [0.15, 0.2) is 0 Å². The van der Waals surface area contributed by atoms with Gasteiger partial charge in [0.2, 0.25) is 0 Å². The second-order valence-corrected chi connectivity index (χ2v) is 4.39. The van der Waals surface area contributed by atoms with Gasteiger partial charge in [-0.05, 0) is 5.56 Å². The molecule has 1 aromatic rings. The van der Waals surface area contributed by atoms with Crippen molar-refractivity contribution < 1.29 is 20.1 Å². The molecule has 0 bridgehead atoms. The molecule has 6 heteroatoms. The topological polar surface area (TPSA) is 107 Å². The monoisotopic (exact) mass is 268 g/mol. The minimum Gasteiger partial charge on any atom is -0.480 e. The molecule has 0 heterocycles. The Hall–Kier alpha value is -1.47. The molecule has 0 fully saturated rings. The second kappa shape index (κ2) is 7.20. The van der Waals surface area contributed by atoms with Gasteiger partial charge in [-0.2, -0.15) is 0 Å². The lowest BCUT2D eigenvalue weighted by Crippen LogP contribution is -2.60. The van der Waals surface area contributed by atoms with Crippen molar-refractivity contribution in [1.29, 1.82) is 0 Å². The summed E-state index contributed by atoms with van der Waals surface area (Å²) in [5.41, 5.74) is -0.606. The first-order chi connectivity index (χ1) is 9.06. The Morgan fingerprint density at radius 3 is 2.32 bits per heavy atom. The van der Waals surface area contributed by atoms with E-state index in [1.165, 1.54) is 0 Å². The van der Waals surface area contributed by atoms with Crippen LogP contribution in [0.15, 0.2) is 30.3 Å². The average Bonchev–Trinajstić information content (AvgIpc) is 2.39. The minimum absolute atomic E-state index is 0.00622. The number of rotatable bonds is 8. The van der Waals surface area contributed by atoms with E-state index < -0.39 is 11.5 Å². The van der Waals surface area contributed by atoms with Gasteiger partial charge in [0, 0.05) is 26.0 Å². The van der Waals surface area contributed by atoms with Crippen molar-refractivity contribution in [3.8, 4) is 0 Å². The Bertz CT molecular complexity index is 399. The molecule has 6 nitrogen and oxygen atoms in total. The zero-order chi connectivity index (χ0) is 14.3. The van der Waals surface area contributed by atoms with Crippen LogP contribution >= 0.6 is 0 Å². The van der Waals surface area contributed by atoms with E-state index in [-0.39, 0.29) is 32.6 Å². The highest BCUT2D eigenvalue weighted by Gasteiger charge is 2.42. The van der Waals surface area contributed by atoms with Crippen LogP contribution in [0, 0.1) is 0 Å². The normalized spacial score (nSPS) is 14.3. The number of carboxylic acid groups (broad SMARTS) is 1. The molecule has 0 aliphatic heterocycles. The Balaban J connectivity index is 3.05. The van der Waals surface area contributed by atoms with Crippen molar-refractivity contribution in [3.05, 3.63) is 35.9 Å². The minimum atomic E-state index is -1.42. The summed E-state index contributed by atoms with van der Waals surface area (Å²) in [6.45, 7) is -0.511. The molecule has 0 aliphatic carbocycles. The van der Waals surface area contributed by atoms with Gasteiger partial charge in [-0.3, -0.25) is 10.6 Å². The molecule has 1 aromatic carbocycles.